The Labute approximate surface area is 128 Å². The number of aromatic nitrogens is 2. The Kier molecular flexibility index (Phi) is 3.15. The molecule has 1 saturated heterocycles. The summed E-state index contributed by atoms with van der Waals surface area (Å²) >= 11 is 0. The van der Waals surface area contributed by atoms with Crippen LogP contribution in [0.2, 0.25) is 0 Å². The van der Waals surface area contributed by atoms with Crippen LogP contribution in [0.15, 0.2) is 35.0 Å². The van der Waals surface area contributed by atoms with E-state index in [4.69, 9.17) is 4.74 Å². The maximum Gasteiger partial charge on any atom is 0.237 e. The van der Waals surface area contributed by atoms with Gasteiger partial charge in [-0.2, -0.15) is 4.70 Å². The number of pyridine rings is 1. The topological polar surface area (TPSA) is 57.5 Å². The summed E-state index contributed by atoms with van der Waals surface area (Å²) in [6.45, 7) is 5.39. The largest absolute Gasteiger partial charge is 0.483 e. The molecule has 7 heteroatoms. The lowest BCUT2D eigenvalue weighted by molar-refractivity contribution is -0.624. The second kappa shape index (κ2) is 5.17. The van der Waals surface area contributed by atoms with Crippen LogP contribution in [-0.2, 0) is 0 Å². The molecule has 0 amide bonds. The van der Waals surface area contributed by atoms with E-state index in [1.807, 2.05) is 29.8 Å². The maximum absolute atomic E-state index is 5.92. The zero-order chi connectivity index (χ0) is 15.1. The van der Waals surface area contributed by atoms with E-state index in [0.29, 0.717) is 12.6 Å². The number of imidazole rings is 1. The first kappa shape index (κ1) is 13.4. The molecule has 2 aromatic rings. The Hall–Kier alpha value is -2.28. The molecule has 0 spiro atoms. The number of ether oxygens (including phenoxy) is 1. The summed E-state index contributed by atoms with van der Waals surface area (Å²) in [5.41, 5.74) is 2.98. The SMILES string of the molecule is Cc1cc2nccn2cc1OCC1=NN=[N+](C2CN(C)C2)C1. The van der Waals surface area contributed by atoms with E-state index in [2.05, 4.69) is 32.0 Å². The zero-order valence-electron chi connectivity index (χ0n) is 12.8. The van der Waals surface area contributed by atoms with E-state index in [0.717, 1.165) is 42.3 Å². The highest BCUT2D eigenvalue weighted by Crippen LogP contribution is 2.19. The van der Waals surface area contributed by atoms with Crippen molar-refractivity contribution in [2.75, 3.05) is 33.3 Å². The molecule has 0 N–H and O–H groups in total. The highest BCUT2D eigenvalue weighted by molar-refractivity contribution is 5.87. The van der Waals surface area contributed by atoms with Gasteiger partial charge in [0.1, 0.15) is 22.7 Å². The van der Waals surface area contributed by atoms with E-state index in [-0.39, 0.29) is 0 Å². The first-order valence-corrected chi connectivity index (χ1v) is 7.47. The molecule has 114 valence electrons. The van der Waals surface area contributed by atoms with Crippen LogP contribution >= 0.6 is 0 Å². The smallest absolute Gasteiger partial charge is 0.237 e. The maximum atomic E-state index is 5.92. The fraction of sp³-hybridized carbons (Fsp3) is 0.467. The number of likely N-dealkylation sites (N-methyl/N-ethyl adjacent to an activating group) is 1. The predicted octanol–water partition coefficient (Wildman–Crippen LogP) is 1.17. The number of fused-ring (bicyclic) bond motifs is 1. The van der Waals surface area contributed by atoms with Crippen LogP contribution in [0.1, 0.15) is 5.56 Å². The van der Waals surface area contributed by atoms with Crippen molar-refractivity contribution >= 4 is 11.4 Å². The Balaban J connectivity index is 1.37. The Morgan fingerprint density at radius 3 is 3.09 bits per heavy atom. The van der Waals surface area contributed by atoms with Crippen molar-refractivity contribution in [1.29, 1.82) is 0 Å². The summed E-state index contributed by atoms with van der Waals surface area (Å²) in [4.78, 5) is 6.54. The molecule has 2 aromatic heterocycles. The van der Waals surface area contributed by atoms with Crippen LogP contribution in [0.5, 0.6) is 5.75 Å². The van der Waals surface area contributed by atoms with Crippen molar-refractivity contribution < 1.29 is 9.43 Å². The van der Waals surface area contributed by atoms with E-state index < -0.39 is 0 Å². The number of hydrogen-bond donors (Lipinski definition) is 0. The minimum Gasteiger partial charge on any atom is -0.483 e. The fourth-order valence-electron chi connectivity index (χ4n) is 2.85. The third kappa shape index (κ3) is 2.37. The highest BCUT2D eigenvalue weighted by Gasteiger charge is 2.35. The van der Waals surface area contributed by atoms with Crippen molar-refractivity contribution in [3.8, 4) is 5.75 Å². The molecule has 4 heterocycles. The van der Waals surface area contributed by atoms with Crippen molar-refractivity contribution in [2.45, 2.75) is 13.0 Å². The molecule has 4 rings (SSSR count). The van der Waals surface area contributed by atoms with Gasteiger partial charge in [0, 0.05) is 25.5 Å². The van der Waals surface area contributed by atoms with Crippen LogP contribution in [-0.4, -0.2) is 64.0 Å². The first-order valence-electron chi connectivity index (χ1n) is 7.47. The van der Waals surface area contributed by atoms with E-state index in [1.165, 1.54) is 0 Å². The van der Waals surface area contributed by atoms with Gasteiger partial charge in [0.15, 0.2) is 13.2 Å². The van der Waals surface area contributed by atoms with Gasteiger partial charge in [-0.1, -0.05) is 0 Å². The predicted molar refractivity (Wildman–Crippen MR) is 81.7 cm³/mol. The Morgan fingerprint density at radius 2 is 2.27 bits per heavy atom. The summed E-state index contributed by atoms with van der Waals surface area (Å²) in [5, 5.41) is 8.50. The zero-order valence-corrected chi connectivity index (χ0v) is 12.8. The number of rotatable bonds is 4. The number of nitrogens with zero attached hydrogens (tertiary/aromatic N) is 6. The van der Waals surface area contributed by atoms with Crippen LogP contribution in [0, 0.1) is 6.92 Å². The van der Waals surface area contributed by atoms with Crippen LogP contribution in [0.25, 0.3) is 5.65 Å². The summed E-state index contributed by atoms with van der Waals surface area (Å²) in [5.74, 6) is 0.857. The molecule has 22 heavy (non-hydrogen) atoms. The number of aryl methyl sites for hydroxylation is 1. The van der Waals surface area contributed by atoms with Gasteiger partial charge in [-0.3, -0.25) is 4.90 Å². The standard InChI is InChI=1S/C15H19N6O/c1-11-5-15-16-3-4-20(15)9-14(11)22-10-12-6-21(18-17-12)13-7-19(2)8-13/h3-5,9,13H,6-8,10H2,1-2H3/q+1. The fourth-order valence-corrected chi connectivity index (χ4v) is 2.85. The van der Waals surface area contributed by atoms with Crippen molar-refractivity contribution in [3.63, 3.8) is 0 Å². The number of likely N-dealkylation sites (tertiary alicyclic amines) is 1. The molecule has 0 unspecified atom stereocenters. The van der Waals surface area contributed by atoms with Crippen LogP contribution in [0.3, 0.4) is 0 Å². The van der Waals surface area contributed by atoms with Gasteiger partial charge in [0.25, 0.3) is 0 Å². The van der Waals surface area contributed by atoms with Gasteiger partial charge in [-0.25, -0.2) is 4.98 Å². The lowest BCUT2D eigenvalue weighted by Gasteiger charge is -2.33. The van der Waals surface area contributed by atoms with E-state index >= 15 is 0 Å². The monoisotopic (exact) mass is 299 g/mol. The second-order valence-electron chi connectivity index (χ2n) is 6.03. The van der Waals surface area contributed by atoms with Crippen LogP contribution < -0.4 is 4.74 Å². The van der Waals surface area contributed by atoms with Gasteiger partial charge in [-0.05, 0) is 25.6 Å². The minimum absolute atomic E-state index is 0.476. The van der Waals surface area contributed by atoms with Crippen LogP contribution in [0.4, 0.5) is 0 Å². The molecule has 2 aliphatic heterocycles. The summed E-state index contributed by atoms with van der Waals surface area (Å²) < 4.78 is 9.94. The molecule has 0 radical (unpaired) electrons. The molecule has 0 saturated carbocycles. The lowest BCUT2D eigenvalue weighted by atomic mass is 10.1. The molecular weight excluding hydrogens is 280 g/mol. The third-order valence-corrected chi connectivity index (χ3v) is 4.20. The van der Waals surface area contributed by atoms with Crippen molar-refractivity contribution in [2.24, 2.45) is 10.3 Å². The average molecular weight is 299 g/mol. The van der Waals surface area contributed by atoms with Gasteiger partial charge in [0.2, 0.25) is 5.71 Å². The second-order valence-corrected chi connectivity index (χ2v) is 6.03. The summed E-state index contributed by atoms with van der Waals surface area (Å²) in [7, 11) is 2.12. The van der Waals surface area contributed by atoms with Gasteiger partial charge >= 0.3 is 0 Å². The molecule has 0 atom stereocenters. The first-order chi connectivity index (χ1) is 10.7. The quantitative estimate of drug-likeness (QED) is 0.796. The van der Waals surface area contributed by atoms with Gasteiger partial charge < -0.3 is 9.14 Å². The van der Waals surface area contributed by atoms with E-state index in [9.17, 15) is 0 Å². The van der Waals surface area contributed by atoms with Gasteiger partial charge in [-0.15, -0.1) is 0 Å². The molecule has 1 fully saturated rings. The minimum atomic E-state index is 0.476. The van der Waals surface area contributed by atoms with Gasteiger partial charge in [0.05, 0.1) is 11.3 Å². The summed E-state index contributed by atoms with van der Waals surface area (Å²) in [6.07, 6.45) is 5.66. The molecule has 0 aromatic carbocycles. The molecule has 2 aliphatic rings. The molecule has 0 bridgehead atoms. The summed E-state index contributed by atoms with van der Waals surface area (Å²) in [6, 6.07) is 2.52. The Morgan fingerprint density at radius 1 is 1.41 bits per heavy atom. The molecule has 7 nitrogen and oxygen atoms in total. The normalized spacial score (nSPS) is 19.2. The van der Waals surface area contributed by atoms with E-state index in [1.54, 1.807) is 6.20 Å². The Bertz CT molecular complexity index is 771. The van der Waals surface area contributed by atoms with Crippen molar-refractivity contribution in [3.05, 3.63) is 30.2 Å². The average Bonchev–Trinajstić information content (AvgIpc) is 3.09. The molecular formula is C15H19N6O+. The highest BCUT2D eigenvalue weighted by atomic mass is 16.5. The lowest BCUT2D eigenvalue weighted by Crippen LogP contribution is -2.54. The molecule has 0 aliphatic carbocycles. The third-order valence-electron chi connectivity index (χ3n) is 4.20. The number of hydrogen-bond acceptors (Lipinski definition) is 5. The van der Waals surface area contributed by atoms with Crippen molar-refractivity contribution in [1.82, 2.24) is 14.3 Å².